The summed E-state index contributed by atoms with van der Waals surface area (Å²) in [7, 11) is 0. The molecular formula is C33H36F3N7O2S. The Morgan fingerprint density at radius 1 is 1.20 bits per heavy atom. The van der Waals surface area contributed by atoms with E-state index in [9.17, 15) is 28.3 Å². The molecule has 1 aliphatic heterocycles. The van der Waals surface area contributed by atoms with Crippen molar-refractivity contribution in [2.45, 2.75) is 89.3 Å². The van der Waals surface area contributed by atoms with Crippen molar-refractivity contribution in [3.8, 4) is 6.07 Å². The van der Waals surface area contributed by atoms with Crippen LogP contribution in [-0.2, 0) is 24.3 Å². The normalized spacial score (nSPS) is 23.9. The van der Waals surface area contributed by atoms with Gasteiger partial charge in [0.05, 0.1) is 11.8 Å². The number of hydrogen-bond donors (Lipinski definition) is 3. The van der Waals surface area contributed by atoms with E-state index in [0.717, 1.165) is 80.5 Å². The topological polar surface area (TPSA) is 119 Å². The van der Waals surface area contributed by atoms with E-state index in [4.69, 9.17) is 0 Å². The standard InChI is InChI=1S/C33H36F3N7O2S/c1-19-21(3-4-27-25(19)9-23(12-37)43(27)17-31-14-32(15-31,16-31)41-29(45)20(2)44)13-42-7-5-22(6-8-42)40-28-26-10-24(11-33(34,35)36)46-30(26)39-18-38-28/h3-4,9-10,18,20,22,44H,5-8,11,13-17H2,1-2H3,(H,41,45)(H,38,39,40). The van der Waals surface area contributed by atoms with Crippen molar-refractivity contribution < 1.29 is 23.1 Å². The number of fused-ring (bicyclic) bond motifs is 2. The number of halogens is 3. The molecule has 3 aliphatic carbocycles. The fraction of sp³-hybridized carbons (Fsp3) is 0.515. The third-order valence-electron chi connectivity index (χ3n) is 10.1. The van der Waals surface area contributed by atoms with Crippen LogP contribution in [0.25, 0.3) is 21.1 Å². The Morgan fingerprint density at radius 3 is 2.61 bits per heavy atom. The average Bonchev–Trinajstić information content (AvgIpc) is 3.53. The summed E-state index contributed by atoms with van der Waals surface area (Å²) in [4.78, 5) is 23.7. The van der Waals surface area contributed by atoms with Crippen LogP contribution in [0, 0.1) is 23.7 Å². The van der Waals surface area contributed by atoms with Gasteiger partial charge >= 0.3 is 6.18 Å². The van der Waals surface area contributed by atoms with Crippen LogP contribution in [0.15, 0.2) is 30.6 Å². The summed E-state index contributed by atoms with van der Waals surface area (Å²) in [5, 5.41) is 27.7. The summed E-state index contributed by atoms with van der Waals surface area (Å²) in [5.41, 5.74) is 3.95. The van der Waals surface area contributed by atoms with Crippen molar-refractivity contribution in [3.63, 3.8) is 0 Å². The zero-order chi connectivity index (χ0) is 32.4. The van der Waals surface area contributed by atoms with Gasteiger partial charge in [-0.25, -0.2) is 9.97 Å². The summed E-state index contributed by atoms with van der Waals surface area (Å²) in [6, 6.07) is 10.4. The monoisotopic (exact) mass is 651 g/mol. The highest BCUT2D eigenvalue weighted by Gasteiger charge is 2.68. The number of benzene rings is 1. The maximum absolute atomic E-state index is 12.9. The Hall–Kier alpha value is -3.73. The van der Waals surface area contributed by atoms with Crippen molar-refractivity contribution in [1.82, 2.24) is 24.8 Å². The SMILES string of the molecule is Cc1c(CN2CCC(Nc3ncnc4sc(CC(F)(F)F)cc34)CC2)ccc2c1cc(C#N)n2CC12CC(NC(=O)C(C)O)(C1)C2. The third kappa shape index (κ3) is 5.71. The predicted molar refractivity (Wildman–Crippen MR) is 169 cm³/mol. The van der Waals surface area contributed by atoms with Crippen molar-refractivity contribution in [3.05, 3.63) is 52.3 Å². The molecule has 4 aliphatic rings. The van der Waals surface area contributed by atoms with E-state index in [-0.39, 0.29) is 27.8 Å². The Labute approximate surface area is 268 Å². The second-order valence-electron chi connectivity index (χ2n) is 13.6. The van der Waals surface area contributed by atoms with Crippen molar-refractivity contribution in [1.29, 1.82) is 5.26 Å². The highest BCUT2D eigenvalue weighted by Crippen LogP contribution is 2.68. The van der Waals surface area contributed by atoms with E-state index >= 15 is 0 Å². The number of carbonyl (C=O) groups is 1. The lowest BCUT2D eigenvalue weighted by Crippen LogP contribution is -2.76. The average molecular weight is 652 g/mol. The number of alkyl halides is 3. The molecule has 1 atom stereocenters. The molecule has 4 heterocycles. The van der Waals surface area contributed by atoms with Crippen LogP contribution in [0.2, 0.25) is 0 Å². The maximum Gasteiger partial charge on any atom is 0.393 e. The summed E-state index contributed by atoms with van der Waals surface area (Å²) in [6.07, 6.45) is -0.503. The van der Waals surface area contributed by atoms with E-state index in [0.29, 0.717) is 21.7 Å². The lowest BCUT2D eigenvalue weighted by molar-refractivity contribution is -0.175. The molecule has 3 saturated carbocycles. The summed E-state index contributed by atoms with van der Waals surface area (Å²) in [6.45, 7) is 6.86. The molecule has 1 unspecified atom stereocenters. The zero-order valence-corrected chi connectivity index (χ0v) is 26.6. The molecule has 46 heavy (non-hydrogen) atoms. The van der Waals surface area contributed by atoms with Gasteiger partial charge in [0.2, 0.25) is 5.91 Å². The molecule has 3 N–H and O–H groups in total. The van der Waals surface area contributed by atoms with Gasteiger partial charge in [-0.3, -0.25) is 9.69 Å². The minimum absolute atomic E-state index is 0.0703. The molecule has 242 valence electrons. The molecular weight excluding hydrogens is 615 g/mol. The first-order valence-electron chi connectivity index (χ1n) is 15.7. The number of aryl methyl sites for hydroxylation is 1. The Balaban J connectivity index is 0.984. The predicted octanol–water partition coefficient (Wildman–Crippen LogP) is 5.43. The fourth-order valence-corrected chi connectivity index (χ4v) is 8.96. The van der Waals surface area contributed by atoms with Crippen molar-refractivity contribution in [2.24, 2.45) is 5.41 Å². The molecule has 0 spiro atoms. The van der Waals surface area contributed by atoms with Gasteiger partial charge < -0.3 is 20.3 Å². The number of carbonyl (C=O) groups excluding carboxylic acids is 1. The summed E-state index contributed by atoms with van der Waals surface area (Å²) in [5.74, 6) is 0.263. The van der Waals surface area contributed by atoms with Gasteiger partial charge in [0.15, 0.2) is 0 Å². The highest BCUT2D eigenvalue weighted by atomic mass is 32.1. The van der Waals surface area contributed by atoms with E-state index in [1.54, 1.807) is 6.07 Å². The number of anilines is 1. The first-order valence-corrected chi connectivity index (χ1v) is 16.5. The van der Waals surface area contributed by atoms with Crippen LogP contribution in [0.4, 0.5) is 19.0 Å². The Kier molecular flexibility index (Phi) is 7.53. The van der Waals surface area contributed by atoms with E-state index in [2.05, 4.69) is 55.2 Å². The summed E-state index contributed by atoms with van der Waals surface area (Å²) < 4.78 is 40.9. The number of nitriles is 1. The lowest BCUT2D eigenvalue weighted by atomic mass is 9.39. The first-order chi connectivity index (χ1) is 21.8. The van der Waals surface area contributed by atoms with E-state index in [1.165, 1.54) is 24.4 Å². The molecule has 4 fully saturated rings. The van der Waals surface area contributed by atoms with Gasteiger partial charge in [-0.1, -0.05) is 6.07 Å². The number of piperidine rings is 1. The van der Waals surface area contributed by atoms with Crippen LogP contribution >= 0.6 is 11.3 Å². The molecule has 3 aromatic heterocycles. The van der Waals surface area contributed by atoms with Gasteiger partial charge in [-0.2, -0.15) is 18.4 Å². The molecule has 1 amide bonds. The molecule has 9 nitrogen and oxygen atoms in total. The number of thiophene rings is 1. The molecule has 2 bridgehead atoms. The second kappa shape index (κ2) is 11.2. The van der Waals surface area contributed by atoms with Gasteiger partial charge in [-0.15, -0.1) is 11.3 Å². The van der Waals surface area contributed by atoms with Gasteiger partial charge in [-0.05, 0) is 80.7 Å². The fourth-order valence-electron chi connectivity index (χ4n) is 7.93. The Morgan fingerprint density at radius 2 is 1.93 bits per heavy atom. The zero-order valence-electron chi connectivity index (χ0n) is 25.7. The number of nitrogens with one attached hydrogen (secondary N) is 2. The number of aromatic nitrogens is 3. The first kappa shape index (κ1) is 30.9. The van der Waals surface area contributed by atoms with Crippen molar-refractivity contribution >= 4 is 44.2 Å². The minimum atomic E-state index is -4.26. The largest absolute Gasteiger partial charge is 0.393 e. The number of nitrogens with zero attached hydrogens (tertiary/aromatic N) is 5. The van der Waals surface area contributed by atoms with Crippen LogP contribution < -0.4 is 10.6 Å². The maximum atomic E-state index is 12.9. The number of likely N-dealkylation sites (tertiary alicyclic amines) is 1. The number of amides is 1. The molecule has 4 aromatic rings. The number of aliphatic hydroxyl groups is 1. The van der Waals surface area contributed by atoms with E-state index < -0.39 is 18.7 Å². The Bertz CT molecular complexity index is 1850. The quantitative estimate of drug-likeness (QED) is 0.221. The summed E-state index contributed by atoms with van der Waals surface area (Å²) >= 11 is 1.06. The van der Waals surface area contributed by atoms with Crippen LogP contribution in [0.1, 0.15) is 60.7 Å². The van der Waals surface area contributed by atoms with E-state index in [1.807, 2.05) is 6.07 Å². The van der Waals surface area contributed by atoms with Gasteiger partial charge in [0.25, 0.3) is 0 Å². The minimum Gasteiger partial charge on any atom is -0.384 e. The molecule has 1 saturated heterocycles. The highest BCUT2D eigenvalue weighted by molar-refractivity contribution is 7.18. The number of rotatable bonds is 9. The van der Waals surface area contributed by atoms with Crippen LogP contribution in [0.3, 0.4) is 0 Å². The van der Waals surface area contributed by atoms with Crippen LogP contribution in [-0.4, -0.2) is 67.4 Å². The molecule has 13 heteroatoms. The smallest absolute Gasteiger partial charge is 0.384 e. The van der Waals surface area contributed by atoms with Gasteiger partial charge in [0.1, 0.15) is 34.8 Å². The lowest BCUT2D eigenvalue weighted by Gasteiger charge is -2.71. The molecule has 8 rings (SSSR count). The molecule has 1 aromatic carbocycles. The molecule has 0 radical (unpaired) electrons. The number of aliphatic hydroxyl groups excluding tert-OH is 1. The third-order valence-corrected chi connectivity index (χ3v) is 11.1. The second-order valence-corrected chi connectivity index (χ2v) is 14.7. The van der Waals surface area contributed by atoms with Crippen LogP contribution in [0.5, 0.6) is 0 Å². The van der Waals surface area contributed by atoms with Crippen molar-refractivity contribution in [2.75, 3.05) is 18.4 Å². The van der Waals surface area contributed by atoms with Gasteiger partial charge in [0, 0.05) is 53.5 Å². The number of hydrogen-bond acceptors (Lipinski definition) is 8.